The minimum atomic E-state index is -1.14. The molecule has 1 saturated heterocycles. The van der Waals surface area contributed by atoms with Gasteiger partial charge in [0.25, 0.3) is 0 Å². The van der Waals surface area contributed by atoms with E-state index in [9.17, 15) is 24.1 Å². The van der Waals surface area contributed by atoms with Crippen LogP contribution in [0, 0.1) is 23.5 Å². The molecule has 3 N–H and O–H groups in total. The number of ether oxygens (including phenoxy) is 2. The van der Waals surface area contributed by atoms with Crippen LogP contribution in [-0.4, -0.2) is 56.9 Å². The monoisotopic (exact) mass is 470 g/mol. The van der Waals surface area contributed by atoms with Crippen molar-refractivity contribution in [2.24, 2.45) is 0 Å². The van der Waals surface area contributed by atoms with Crippen LogP contribution in [-0.2, 0) is 4.74 Å². The molecule has 0 radical (unpaired) electrons. The summed E-state index contributed by atoms with van der Waals surface area (Å²) < 4.78 is 41.4. The summed E-state index contributed by atoms with van der Waals surface area (Å²) >= 11 is 0. The van der Waals surface area contributed by atoms with E-state index in [2.05, 4.69) is 16.8 Å². The van der Waals surface area contributed by atoms with Crippen molar-refractivity contribution in [1.29, 1.82) is 0 Å². The molecule has 2 heterocycles. The molecule has 0 amide bonds. The largest absolute Gasteiger partial charge is 0.482 e. The summed E-state index contributed by atoms with van der Waals surface area (Å²) in [5.41, 5.74) is 1.11. The van der Waals surface area contributed by atoms with E-state index in [1.807, 2.05) is 0 Å². The molecule has 0 bridgehead atoms. The van der Waals surface area contributed by atoms with E-state index in [1.165, 1.54) is 18.3 Å². The number of aliphatic hydroxyl groups excluding tert-OH is 3. The van der Waals surface area contributed by atoms with Gasteiger partial charge in [-0.05, 0) is 36.8 Å². The number of nitrogens with zero attached hydrogens (tertiary/aromatic N) is 2. The van der Waals surface area contributed by atoms with Crippen molar-refractivity contribution in [3.63, 3.8) is 0 Å². The lowest BCUT2D eigenvalue weighted by Gasteiger charge is -2.17. The number of hydrogen-bond acceptors (Lipinski definition) is 6. The van der Waals surface area contributed by atoms with Crippen molar-refractivity contribution in [1.82, 2.24) is 9.55 Å². The number of hydrogen-bond donors (Lipinski definition) is 3. The van der Waals surface area contributed by atoms with Gasteiger partial charge in [-0.15, -0.1) is 0 Å². The fraction of sp³-hybridized carbons (Fsp3) is 0.320. The molecular weight excluding hydrogens is 446 g/mol. The van der Waals surface area contributed by atoms with E-state index in [-0.39, 0.29) is 31.1 Å². The summed E-state index contributed by atoms with van der Waals surface area (Å²) in [6.45, 7) is 1.49. The van der Waals surface area contributed by atoms with Gasteiger partial charge in [0.15, 0.2) is 17.7 Å². The summed E-state index contributed by atoms with van der Waals surface area (Å²) in [5, 5.41) is 29.3. The van der Waals surface area contributed by atoms with Gasteiger partial charge in [-0.3, -0.25) is 0 Å². The van der Waals surface area contributed by atoms with E-state index < -0.39 is 36.0 Å². The van der Waals surface area contributed by atoms with Gasteiger partial charge in [-0.1, -0.05) is 24.0 Å². The summed E-state index contributed by atoms with van der Waals surface area (Å²) in [6, 6.07) is 8.68. The Morgan fingerprint density at radius 2 is 1.94 bits per heavy atom. The van der Waals surface area contributed by atoms with Crippen molar-refractivity contribution < 1.29 is 33.6 Å². The highest BCUT2D eigenvalue weighted by Crippen LogP contribution is 2.31. The van der Waals surface area contributed by atoms with Gasteiger partial charge in [0.05, 0.1) is 19.8 Å². The Morgan fingerprint density at radius 1 is 1.18 bits per heavy atom. The smallest absolute Gasteiger partial charge is 0.201 e. The number of halogens is 2. The van der Waals surface area contributed by atoms with Crippen LogP contribution in [0.2, 0.25) is 0 Å². The first kappa shape index (κ1) is 23.9. The first-order valence-corrected chi connectivity index (χ1v) is 10.7. The SMILES string of the molecule is C[C@H](O)c1nccn1[C@@H](C#Cc1ccc(-c2ccc(OC3COC[C@H]3O)c(F)c2F)cc1)CO. The zero-order valence-electron chi connectivity index (χ0n) is 18.4. The summed E-state index contributed by atoms with van der Waals surface area (Å²) in [4.78, 5) is 4.08. The Balaban J connectivity index is 1.52. The third-order valence-electron chi connectivity index (χ3n) is 5.49. The lowest BCUT2D eigenvalue weighted by Crippen LogP contribution is -2.30. The first-order valence-electron chi connectivity index (χ1n) is 10.7. The van der Waals surface area contributed by atoms with E-state index in [1.54, 1.807) is 42.0 Å². The number of aromatic nitrogens is 2. The van der Waals surface area contributed by atoms with Crippen LogP contribution >= 0.6 is 0 Å². The minimum absolute atomic E-state index is 0.0563. The second kappa shape index (κ2) is 10.3. The van der Waals surface area contributed by atoms with Crippen LogP contribution in [0.3, 0.4) is 0 Å². The molecule has 34 heavy (non-hydrogen) atoms. The Labute approximate surface area is 195 Å². The molecule has 4 atom stereocenters. The normalized spacial score (nSPS) is 19.4. The maximum atomic E-state index is 14.7. The third kappa shape index (κ3) is 4.95. The molecule has 1 aliphatic rings. The standard InChI is InChI=1S/C25H24F2N2O5/c1-15(31)25-28-10-11-29(25)18(12-30)7-4-16-2-5-17(6-3-16)19-8-9-21(24(27)23(19)26)34-22-14-33-13-20(22)32/h2-3,5-6,8-11,15,18,20,22,30-32H,12-14H2,1H3/t15-,18-,20+,22?/m0/s1. The summed E-state index contributed by atoms with van der Waals surface area (Å²) in [6.07, 6.45) is 0.697. The highest BCUT2D eigenvalue weighted by atomic mass is 19.2. The van der Waals surface area contributed by atoms with Crippen molar-refractivity contribution in [3.8, 4) is 28.7 Å². The third-order valence-corrected chi connectivity index (χ3v) is 5.49. The molecule has 1 unspecified atom stereocenters. The molecule has 0 saturated carbocycles. The number of aliphatic hydroxyl groups is 3. The fourth-order valence-corrected chi connectivity index (χ4v) is 3.66. The lowest BCUT2D eigenvalue weighted by molar-refractivity contribution is 0.0703. The Hall–Kier alpha value is -3.29. The van der Waals surface area contributed by atoms with Crippen molar-refractivity contribution in [3.05, 3.63) is 71.8 Å². The van der Waals surface area contributed by atoms with Crippen LogP contribution < -0.4 is 4.74 Å². The molecule has 178 valence electrons. The van der Waals surface area contributed by atoms with E-state index in [4.69, 9.17) is 9.47 Å². The Morgan fingerprint density at radius 3 is 2.59 bits per heavy atom. The van der Waals surface area contributed by atoms with Gasteiger partial charge in [0, 0.05) is 23.5 Å². The molecule has 0 spiro atoms. The van der Waals surface area contributed by atoms with Gasteiger partial charge in [0.2, 0.25) is 5.82 Å². The Bertz CT molecular complexity index is 1200. The molecule has 1 aromatic heterocycles. The second-order valence-electron chi connectivity index (χ2n) is 7.91. The first-order chi connectivity index (χ1) is 16.4. The maximum absolute atomic E-state index is 14.7. The van der Waals surface area contributed by atoms with Gasteiger partial charge in [-0.25, -0.2) is 9.37 Å². The Kier molecular flexibility index (Phi) is 7.24. The summed E-state index contributed by atoms with van der Waals surface area (Å²) in [5.74, 6) is 3.79. The van der Waals surface area contributed by atoms with E-state index in [0.29, 0.717) is 17.0 Å². The minimum Gasteiger partial charge on any atom is -0.482 e. The molecule has 3 aromatic rings. The molecule has 1 fully saturated rings. The average molecular weight is 470 g/mol. The summed E-state index contributed by atoms with van der Waals surface area (Å²) in [7, 11) is 0. The molecular formula is C25H24F2N2O5. The van der Waals surface area contributed by atoms with E-state index in [0.717, 1.165) is 0 Å². The van der Waals surface area contributed by atoms with Gasteiger partial charge in [-0.2, -0.15) is 4.39 Å². The molecule has 2 aromatic carbocycles. The lowest BCUT2D eigenvalue weighted by atomic mass is 10.0. The van der Waals surface area contributed by atoms with Gasteiger partial charge >= 0.3 is 0 Å². The van der Waals surface area contributed by atoms with Gasteiger partial charge in [0.1, 0.15) is 24.1 Å². The maximum Gasteiger partial charge on any atom is 0.201 e. The molecule has 0 aliphatic carbocycles. The number of imidazole rings is 1. The van der Waals surface area contributed by atoms with Crippen LogP contribution in [0.4, 0.5) is 8.78 Å². The van der Waals surface area contributed by atoms with Crippen LogP contribution in [0.25, 0.3) is 11.1 Å². The predicted molar refractivity (Wildman–Crippen MR) is 119 cm³/mol. The molecule has 1 aliphatic heterocycles. The number of rotatable bonds is 6. The fourth-order valence-electron chi connectivity index (χ4n) is 3.66. The van der Waals surface area contributed by atoms with Crippen LogP contribution in [0.15, 0.2) is 48.8 Å². The van der Waals surface area contributed by atoms with E-state index >= 15 is 0 Å². The topological polar surface area (TPSA) is 97.0 Å². The van der Waals surface area contributed by atoms with Crippen molar-refractivity contribution in [2.45, 2.75) is 31.3 Å². The van der Waals surface area contributed by atoms with Crippen LogP contribution in [0.1, 0.15) is 30.5 Å². The van der Waals surface area contributed by atoms with Gasteiger partial charge < -0.3 is 29.4 Å². The highest BCUT2D eigenvalue weighted by Gasteiger charge is 2.29. The van der Waals surface area contributed by atoms with Crippen molar-refractivity contribution in [2.75, 3.05) is 19.8 Å². The van der Waals surface area contributed by atoms with Crippen LogP contribution in [0.5, 0.6) is 5.75 Å². The second-order valence-corrected chi connectivity index (χ2v) is 7.91. The molecule has 7 nitrogen and oxygen atoms in total. The number of benzene rings is 2. The zero-order valence-corrected chi connectivity index (χ0v) is 18.4. The molecule has 9 heteroatoms. The quantitative estimate of drug-likeness (QED) is 0.480. The average Bonchev–Trinajstić information content (AvgIpc) is 3.48. The predicted octanol–water partition coefficient (Wildman–Crippen LogP) is 2.61. The van der Waals surface area contributed by atoms with Crippen molar-refractivity contribution >= 4 is 0 Å². The zero-order chi connectivity index (χ0) is 24.2. The molecule has 4 rings (SSSR count). The highest BCUT2D eigenvalue weighted by molar-refractivity contribution is 5.66.